The van der Waals surface area contributed by atoms with E-state index in [2.05, 4.69) is 10.3 Å². The fourth-order valence-electron chi connectivity index (χ4n) is 1.73. The molecule has 0 aromatic heterocycles. The SMILES string of the molecule is Cc1cccc(C)c1OCC(=O)NC1=NCCS1. The maximum Gasteiger partial charge on any atom is 0.263 e. The third kappa shape index (κ3) is 3.26. The van der Waals surface area contributed by atoms with Gasteiger partial charge < -0.3 is 10.1 Å². The number of carbonyl (C=O) groups excluding carboxylic acids is 1. The van der Waals surface area contributed by atoms with Crippen LogP contribution < -0.4 is 10.1 Å². The van der Waals surface area contributed by atoms with Crippen molar-refractivity contribution in [1.29, 1.82) is 0 Å². The van der Waals surface area contributed by atoms with Gasteiger partial charge in [0.1, 0.15) is 5.75 Å². The van der Waals surface area contributed by atoms with E-state index in [4.69, 9.17) is 4.74 Å². The predicted octanol–water partition coefficient (Wildman–Crippen LogP) is 1.90. The number of thioether (sulfide) groups is 1. The minimum atomic E-state index is -0.161. The highest BCUT2D eigenvalue weighted by Gasteiger charge is 2.12. The Hall–Kier alpha value is -1.49. The summed E-state index contributed by atoms with van der Waals surface area (Å²) >= 11 is 1.56. The Morgan fingerprint density at radius 1 is 1.44 bits per heavy atom. The van der Waals surface area contributed by atoms with Crippen LogP contribution in [0.1, 0.15) is 11.1 Å². The molecule has 1 heterocycles. The van der Waals surface area contributed by atoms with Crippen LogP contribution in [-0.4, -0.2) is 30.0 Å². The van der Waals surface area contributed by atoms with Crippen LogP contribution in [0.2, 0.25) is 0 Å². The second-order valence-electron chi connectivity index (χ2n) is 4.09. The Morgan fingerprint density at radius 2 is 2.17 bits per heavy atom. The average Bonchev–Trinajstić information content (AvgIpc) is 2.81. The molecule has 0 fully saturated rings. The van der Waals surface area contributed by atoms with Gasteiger partial charge in [-0.05, 0) is 25.0 Å². The molecule has 0 radical (unpaired) electrons. The highest BCUT2D eigenvalue weighted by atomic mass is 32.2. The van der Waals surface area contributed by atoms with Gasteiger partial charge in [0, 0.05) is 5.75 Å². The van der Waals surface area contributed by atoms with Gasteiger partial charge >= 0.3 is 0 Å². The zero-order valence-electron chi connectivity index (χ0n) is 10.5. The number of aliphatic imine (C=N–C) groups is 1. The Kier molecular flexibility index (Phi) is 4.25. The molecule has 2 rings (SSSR count). The quantitative estimate of drug-likeness (QED) is 0.907. The molecule has 1 N–H and O–H groups in total. The summed E-state index contributed by atoms with van der Waals surface area (Å²) in [7, 11) is 0. The van der Waals surface area contributed by atoms with Gasteiger partial charge in [0.2, 0.25) is 0 Å². The van der Waals surface area contributed by atoms with E-state index in [1.54, 1.807) is 11.8 Å². The number of para-hydroxylation sites is 1. The van der Waals surface area contributed by atoms with Crippen molar-refractivity contribution < 1.29 is 9.53 Å². The molecule has 0 saturated heterocycles. The summed E-state index contributed by atoms with van der Waals surface area (Å²) in [5, 5.41) is 3.44. The first-order chi connectivity index (χ1) is 8.66. The smallest absolute Gasteiger partial charge is 0.263 e. The molecule has 0 saturated carbocycles. The van der Waals surface area contributed by atoms with Crippen LogP contribution >= 0.6 is 11.8 Å². The van der Waals surface area contributed by atoms with E-state index < -0.39 is 0 Å². The van der Waals surface area contributed by atoms with Gasteiger partial charge in [-0.1, -0.05) is 30.0 Å². The lowest BCUT2D eigenvalue weighted by Gasteiger charge is -2.11. The van der Waals surface area contributed by atoms with Crippen molar-refractivity contribution >= 4 is 22.8 Å². The van der Waals surface area contributed by atoms with Crippen LogP contribution in [-0.2, 0) is 4.79 Å². The van der Waals surface area contributed by atoms with E-state index in [1.807, 2.05) is 32.0 Å². The number of aryl methyl sites for hydroxylation is 2. The third-order valence-electron chi connectivity index (χ3n) is 2.59. The Labute approximate surface area is 111 Å². The highest BCUT2D eigenvalue weighted by molar-refractivity contribution is 8.14. The summed E-state index contributed by atoms with van der Waals surface area (Å²) in [5.41, 5.74) is 2.07. The second kappa shape index (κ2) is 5.91. The number of amides is 1. The summed E-state index contributed by atoms with van der Waals surface area (Å²) in [4.78, 5) is 15.8. The van der Waals surface area contributed by atoms with Crippen LogP contribution in [0.25, 0.3) is 0 Å². The largest absolute Gasteiger partial charge is 0.483 e. The van der Waals surface area contributed by atoms with E-state index >= 15 is 0 Å². The van der Waals surface area contributed by atoms with Crippen molar-refractivity contribution in [3.05, 3.63) is 29.3 Å². The number of nitrogens with zero attached hydrogens (tertiary/aromatic N) is 1. The molecular formula is C13H16N2O2S. The Bertz CT molecular complexity index is 466. The van der Waals surface area contributed by atoms with Gasteiger partial charge in [-0.3, -0.25) is 9.79 Å². The van der Waals surface area contributed by atoms with Crippen molar-refractivity contribution in [1.82, 2.24) is 5.32 Å². The molecule has 1 aromatic carbocycles. The molecule has 0 atom stereocenters. The van der Waals surface area contributed by atoms with E-state index in [0.717, 1.165) is 29.2 Å². The van der Waals surface area contributed by atoms with Crippen LogP contribution in [0.15, 0.2) is 23.2 Å². The van der Waals surface area contributed by atoms with Crippen molar-refractivity contribution in [2.45, 2.75) is 13.8 Å². The van der Waals surface area contributed by atoms with Crippen LogP contribution in [0.4, 0.5) is 0 Å². The Balaban J connectivity index is 1.89. The van der Waals surface area contributed by atoms with Crippen LogP contribution in [0.5, 0.6) is 5.75 Å². The normalized spacial score (nSPS) is 14.2. The van der Waals surface area contributed by atoms with Gasteiger partial charge in [0.05, 0.1) is 6.54 Å². The number of hydrogen-bond acceptors (Lipinski definition) is 4. The lowest BCUT2D eigenvalue weighted by atomic mass is 10.1. The van der Waals surface area contributed by atoms with Crippen molar-refractivity contribution in [3.63, 3.8) is 0 Å². The summed E-state index contributed by atoms with van der Waals surface area (Å²) in [6, 6.07) is 5.91. The number of hydrogen-bond donors (Lipinski definition) is 1. The number of ether oxygens (including phenoxy) is 1. The molecular weight excluding hydrogens is 248 g/mol. The van der Waals surface area contributed by atoms with Crippen LogP contribution in [0.3, 0.4) is 0 Å². The first kappa shape index (κ1) is 13.0. The number of benzene rings is 1. The molecule has 4 nitrogen and oxygen atoms in total. The molecule has 1 aromatic rings. The van der Waals surface area contributed by atoms with E-state index in [1.165, 1.54) is 0 Å². The summed E-state index contributed by atoms with van der Waals surface area (Å²) in [5.74, 6) is 1.56. The highest BCUT2D eigenvalue weighted by Crippen LogP contribution is 2.22. The molecule has 0 unspecified atom stereocenters. The maximum absolute atomic E-state index is 11.7. The minimum absolute atomic E-state index is 0.0191. The zero-order chi connectivity index (χ0) is 13.0. The van der Waals surface area contributed by atoms with E-state index in [0.29, 0.717) is 5.17 Å². The minimum Gasteiger partial charge on any atom is -0.483 e. The molecule has 18 heavy (non-hydrogen) atoms. The van der Waals surface area contributed by atoms with Crippen LogP contribution in [0, 0.1) is 13.8 Å². The number of nitrogens with one attached hydrogen (secondary N) is 1. The summed E-state index contributed by atoms with van der Waals surface area (Å²) in [6.45, 7) is 4.73. The molecule has 1 aliphatic heterocycles. The molecule has 1 amide bonds. The van der Waals surface area contributed by atoms with E-state index in [-0.39, 0.29) is 12.5 Å². The third-order valence-corrected chi connectivity index (χ3v) is 3.48. The van der Waals surface area contributed by atoms with Crippen molar-refractivity contribution in [2.24, 2.45) is 4.99 Å². The van der Waals surface area contributed by atoms with Gasteiger partial charge in [0.25, 0.3) is 5.91 Å². The molecule has 0 bridgehead atoms. The fraction of sp³-hybridized carbons (Fsp3) is 0.385. The molecule has 96 valence electrons. The maximum atomic E-state index is 11.7. The number of amidine groups is 1. The summed E-state index contributed by atoms with van der Waals surface area (Å²) < 4.78 is 5.56. The van der Waals surface area contributed by atoms with Gasteiger partial charge in [0.15, 0.2) is 11.8 Å². The number of rotatable bonds is 3. The monoisotopic (exact) mass is 264 g/mol. The van der Waals surface area contributed by atoms with Gasteiger partial charge in [-0.25, -0.2) is 0 Å². The topological polar surface area (TPSA) is 50.7 Å². The second-order valence-corrected chi connectivity index (χ2v) is 5.18. The first-order valence-electron chi connectivity index (χ1n) is 5.83. The van der Waals surface area contributed by atoms with Gasteiger partial charge in [-0.15, -0.1) is 0 Å². The standard InChI is InChI=1S/C13H16N2O2S/c1-9-4-3-5-10(2)12(9)17-8-11(16)15-13-14-6-7-18-13/h3-5H,6-8H2,1-2H3,(H,14,15,16). The predicted molar refractivity (Wildman–Crippen MR) is 74.3 cm³/mol. The molecule has 1 aliphatic rings. The Morgan fingerprint density at radius 3 is 2.78 bits per heavy atom. The molecule has 0 aliphatic carbocycles. The number of carbonyl (C=O) groups is 1. The van der Waals surface area contributed by atoms with Gasteiger partial charge in [-0.2, -0.15) is 0 Å². The lowest BCUT2D eigenvalue weighted by molar-refractivity contribution is -0.121. The van der Waals surface area contributed by atoms with E-state index in [9.17, 15) is 4.79 Å². The molecule has 0 spiro atoms. The summed E-state index contributed by atoms with van der Waals surface area (Å²) in [6.07, 6.45) is 0. The van der Waals surface area contributed by atoms with Crippen molar-refractivity contribution in [2.75, 3.05) is 18.9 Å². The lowest BCUT2D eigenvalue weighted by Crippen LogP contribution is -2.32. The first-order valence-corrected chi connectivity index (χ1v) is 6.81. The molecule has 5 heteroatoms. The fourth-order valence-corrected chi connectivity index (χ4v) is 2.48. The zero-order valence-corrected chi connectivity index (χ0v) is 11.3. The van der Waals surface area contributed by atoms with Crippen molar-refractivity contribution in [3.8, 4) is 5.75 Å². The average molecular weight is 264 g/mol.